The van der Waals surface area contributed by atoms with E-state index in [0.717, 1.165) is 54.8 Å². The predicted molar refractivity (Wildman–Crippen MR) is 101 cm³/mol. The molecule has 1 unspecified atom stereocenters. The van der Waals surface area contributed by atoms with Crippen LogP contribution in [0.2, 0.25) is 0 Å². The summed E-state index contributed by atoms with van der Waals surface area (Å²) in [5.41, 5.74) is 0. The summed E-state index contributed by atoms with van der Waals surface area (Å²) in [4.78, 5) is 6.76. The van der Waals surface area contributed by atoms with Gasteiger partial charge in [0.15, 0.2) is 23.1 Å². The third-order valence-electron chi connectivity index (χ3n) is 5.02. The van der Waals surface area contributed by atoms with E-state index in [1.807, 2.05) is 19.1 Å². The molecule has 0 spiro atoms. The largest absolute Gasteiger partial charge is 0.493 e. The van der Waals surface area contributed by atoms with E-state index in [1.54, 1.807) is 20.4 Å². The molecule has 0 aliphatic carbocycles. The molecule has 1 atom stereocenters. The van der Waals surface area contributed by atoms with E-state index in [9.17, 15) is 0 Å². The zero-order valence-corrected chi connectivity index (χ0v) is 15.8. The Kier molecular flexibility index (Phi) is 4.79. The van der Waals surface area contributed by atoms with Crippen molar-refractivity contribution in [1.29, 1.82) is 0 Å². The first kappa shape index (κ1) is 17.5. The maximum absolute atomic E-state index is 5.47. The average molecular weight is 369 g/mol. The highest BCUT2D eigenvalue weighted by Gasteiger charge is 2.28. The van der Waals surface area contributed by atoms with Crippen molar-refractivity contribution in [3.8, 4) is 11.5 Å². The van der Waals surface area contributed by atoms with Crippen molar-refractivity contribution in [3.63, 3.8) is 0 Å². The van der Waals surface area contributed by atoms with Crippen molar-refractivity contribution in [3.05, 3.63) is 30.0 Å². The highest BCUT2D eigenvalue weighted by atomic mass is 16.5. The molecular formula is C19H23N5O3. The molecule has 0 amide bonds. The van der Waals surface area contributed by atoms with Crippen LogP contribution in [0.1, 0.15) is 37.4 Å². The van der Waals surface area contributed by atoms with Crippen LogP contribution in [0.15, 0.2) is 22.9 Å². The first-order valence-electron chi connectivity index (χ1n) is 9.18. The van der Waals surface area contributed by atoms with Crippen LogP contribution >= 0.6 is 0 Å². The molecule has 0 radical (unpaired) electrons. The van der Waals surface area contributed by atoms with E-state index < -0.39 is 0 Å². The number of nitrogens with zero attached hydrogens (tertiary/aromatic N) is 5. The van der Waals surface area contributed by atoms with Gasteiger partial charge in [0.1, 0.15) is 0 Å². The Balaban J connectivity index is 1.68. The van der Waals surface area contributed by atoms with Gasteiger partial charge in [-0.3, -0.25) is 0 Å². The first-order valence-corrected chi connectivity index (χ1v) is 9.18. The fourth-order valence-electron chi connectivity index (χ4n) is 3.58. The van der Waals surface area contributed by atoms with Crippen molar-refractivity contribution in [2.75, 3.05) is 32.2 Å². The second-order valence-electron chi connectivity index (χ2n) is 6.65. The summed E-state index contributed by atoms with van der Waals surface area (Å²) >= 11 is 0. The summed E-state index contributed by atoms with van der Waals surface area (Å²) in [5, 5.41) is 14.6. The Morgan fingerprint density at radius 3 is 2.78 bits per heavy atom. The van der Waals surface area contributed by atoms with Crippen LogP contribution in [0.3, 0.4) is 0 Å². The molecule has 3 aromatic rings. The molecule has 1 aromatic carbocycles. The molecule has 2 aromatic heterocycles. The van der Waals surface area contributed by atoms with E-state index in [2.05, 4.69) is 25.2 Å². The Bertz CT molecular complexity index is 942. The highest BCUT2D eigenvalue weighted by molar-refractivity contribution is 5.94. The molecule has 1 saturated heterocycles. The van der Waals surface area contributed by atoms with E-state index in [1.165, 1.54) is 0 Å². The van der Waals surface area contributed by atoms with Gasteiger partial charge in [-0.15, -0.1) is 5.10 Å². The lowest BCUT2D eigenvalue weighted by Crippen LogP contribution is -2.35. The van der Waals surface area contributed by atoms with E-state index in [-0.39, 0.29) is 5.92 Å². The van der Waals surface area contributed by atoms with Crippen LogP contribution in [-0.2, 0) is 6.42 Å². The van der Waals surface area contributed by atoms with Gasteiger partial charge >= 0.3 is 0 Å². The number of fused-ring (bicyclic) bond motifs is 1. The molecule has 1 fully saturated rings. The van der Waals surface area contributed by atoms with Crippen LogP contribution in [0, 0.1) is 0 Å². The summed E-state index contributed by atoms with van der Waals surface area (Å²) in [6.45, 7) is 3.70. The van der Waals surface area contributed by atoms with Crippen LogP contribution < -0.4 is 14.4 Å². The number of hydrogen-bond acceptors (Lipinski definition) is 8. The summed E-state index contributed by atoms with van der Waals surface area (Å²) < 4.78 is 16.3. The van der Waals surface area contributed by atoms with Crippen molar-refractivity contribution in [2.24, 2.45) is 0 Å². The number of rotatable bonds is 5. The zero-order valence-electron chi connectivity index (χ0n) is 15.8. The molecule has 8 nitrogen and oxygen atoms in total. The average Bonchev–Trinajstić information content (AvgIpc) is 3.21. The zero-order chi connectivity index (χ0) is 18.8. The molecule has 0 bridgehead atoms. The van der Waals surface area contributed by atoms with Gasteiger partial charge in [-0.1, -0.05) is 12.1 Å². The molecule has 27 heavy (non-hydrogen) atoms. The molecule has 8 heteroatoms. The molecule has 142 valence electrons. The fraction of sp³-hybridized carbons (Fsp3) is 0.474. The second-order valence-corrected chi connectivity index (χ2v) is 6.65. The van der Waals surface area contributed by atoms with E-state index >= 15 is 0 Å². The van der Waals surface area contributed by atoms with Crippen molar-refractivity contribution < 1.29 is 14.0 Å². The smallest absolute Gasteiger partial charge is 0.231 e. The molecule has 0 N–H and O–H groups in total. The lowest BCUT2D eigenvalue weighted by Gasteiger charge is -2.32. The SMILES string of the molecule is CCc1noc(C2CCCN(c3nncc4cc(OC)c(OC)cc34)C2)n1. The second kappa shape index (κ2) is 7.38. The van der Waals surface area contributed by atoms with Gasteiger partial charge in [-0.25, -0.2) is 0 Å². The van der Waals surface area contributed by atoms with Gasteiger partial charge < -0.3 is 18.9 Å². The number of piperidine rings is 1. The quantitative estimate of drug-likeness (QED) is 0.678. The molecule has 1 aliphatic heterocycles. The van der Waals surface area contributed by atoms with Gasteiger partial charge in [0.25, 0.3) is 0 Å². The van der Waals surface area contributed by atoms with Crippen molar-refractivity contribution in [2.45, 2.75) is 32.1 Å². The number of methoxy groups -OCH3 is 2. The minimum Gasteiger partial charge on any atom is -0.493 e. The fourth-order valence-corrected chi connectivity index (χ4v) is 3.58. The standard InChI is InChI=1S/C19H23N5O3/c1-4-17-21-19(27-23-17)12-6-5-7-24(11-12)18-14-9-16(26-3)15(25-2)8-13(14)10-20-22-18/h8-10,12H,4-7,11H2,1-3H3. The monoisotopic (exact) mass is 369 g/mol. The summed E-state index contributed by atoms with van der Waals surface area (Å²) in [7, 11) is 3.26. The Morgan fingerprint density at radius 1 is 1.22 bits per heavy atom. The predicted octanol–water partition coefficient (Wildman–Crippen LogP) is 2.98. The lowest BCUT2D eigenvalue weighted by atomic mass is 9.97. The molecule has 3 heterocycles. The number of aromatic nitrogens is 4. The summed E-state index contributed by atoms with van der Waals surface area (Å²) in [6, 6.07) is 3.89. The number of hydrogen-bond donors (Lipinski definition) is 0. The van der Waals surface area contributed by atoms with Gasteiger partial charge in [-0.2, -0.15) is 10.1 Å². The van der Waals surface area contributed by atoms with E-state index in [4.69, 9.17) is 14.0 Å². The number of anilines is 1. The minimum absolute atomic E-state index is 0.198. The topological polar surface area (TPSA) is 86.4 Å². The first-order chi connectivity index (χ1) is 13.2. The lowest BCUT2D eigenvalue weighted by molar-refractivity contribution is 0.330. The van der Waals surface area contributed by atoms with Gasteiger partial charge in [0.2, 0.25) is 5.89 Å². The van der Waals surface area contributed by atoms with Gasteiger partial charge in [0, 0.05) is 30.3 Å². The summed E-state index contributed by atoms with van der Waals surface area (Å²) in [5.74, 6) is 3.86. The Morgan fingerprint density at radius 2 is 2.04 bits per heavy atom. The minimum atomic E-state index is 0.198. The van der Waals surface area contributed by atoms with Crippen LogP contribution in [0.25, 0.3) is 10.8 Å². The van der Waals surface area contributed by atoms with Crippen molar-refractivity contribution >= 4 is 16.6 Å². The maximum Gasteiger partial charge on any atom is 0.231 e. The van der Waals surface area contributed by atoms with Crippen molar-refractivity contribution in [1.82, 2.24) is 20.3 Å². The molecular weight excluding hydrogens is 346 g/mol. The van der Waals surface area contributed by atoms with E-state index in [0.29, 0.717) is 17.4 Å². The Hall–Kier alpha value is -2.90. The Labute approximate surface area is 157 Å². The molecule has 4 rings (SSSR count). The normalized spacial score (nSPS) is 17.3. The number of ether oxygens (including phenoxy) is 2. The van der Waals surface area contributed by atoms with Crippen LogP contribution in [0.4, 0.5) is 5.82 Å². The third-order valence-corrected chi connectivity index (χ3v) is 5.02. The van der Waals surface area contributed by atoms with Gasteiger partial charge in [-0.05, 0) is 25.0 Å². The van der Waals surface area contributed by atoms with Gasteiger partial charge in [0.05, 0.1) is 26.3 Å². The summed E-state index contributed by atoms with van der Waals surface area (Å²) in [6.07, 6.45) is 4.57. The molecule has 1 aliphatic rings. The number of benzene rings is 1. The molecule has 0 saturated carbocycles. The van der Waals surface area contributed by atoms with Crippen LogP contribution in [0.5, 0.6) is 11.5 Å². The highest BCUT2D eigenvalue weighted by Crippen LogP contribution is 2.37. The van der Waals surface area contributed by atoms with Crippen LogP contribution in [-0.4, -0.2) is 47.6 Å². The third kappa shape index (κ3) is 3.27. The maximum atomic E-state index is 5.47. The number of aryl methyl sites for hydroxylation is 1.